The van der Waals surface area contributed by atoms with Gasteiger partial charge in [0.05, 0.1) is 0 Å². The smallest absolute Gasteiger partial charge is 0.387 e. The number of likely N-dealkylation sites (N-methyl/N-ethyl adjacent to an activating group) is 1. The van der Waals surface area contributed by atoms with Gasteiger partial charge in [-0.3, -0.25) is 9.69 Å². The largest absolute Gasteiger partial charge is 0.435 e. The highest BCUT2D eigenvalue weighted by atomic mass is 19.3. The summed E-state index contributed by atoms with van der Waals surface area (Å²) in [4.78, 5) is 18.7. The Balaban J connectivity index is 2.19. The lowest BCUT2D eigenvalue weighted by atomic mass is 9.82. The quantitative estimate of drug-likeness (QED) is 0.851. The second-order valence-corrected chi connectivity index (χ2v) is 6.18. The number of allylic oxidation sites excluding steroid dienone is 1. The van der Waals surface area contributed by atoms with E-state index in [2.05, 4.69) is 9.73 Å². The number of nitrogens with zero attached hydrogens (tertiary/aromatic N) is 2. The van der Waals surface area contributed by atoms with Gasteiger partial charge in [0, 0.05) is 12.6 Å². The number of aliphatic imine (C=N–C) groups is 1. The van der Waals surface area contributed by atoms with Crippen LogP contribution in [-0.2, 0) is 10.3 Å². The molecular formula is C20H18F3N3O2. The molecule has 3 rings (SSSR count). The summed E-state index contributed by atoms with van der Waals surface area (Å²) in [6.45, 7) is -1.22. The van der Waals surface area contributed by atoms with Gasteiger partial charge < -0.3 is 10.5 Å². The predicted molar refractivity (Wildman–Crippen MR) is 99.4 cm³/mol. The van der Waals surface area contributed by atoms with E-state index in [4.69, 9.17) is 5.73 Å². The fraction of sp³-hybridized carbons (Fsp3) is 0.200. The molecule has 0 fully saturated rings. The van der Waals surface area contributed by atoms with Crippen molar-refractivity contribution in [1.29, 1.82) is 0 Å². The average Bonchev–Trinajstić information content (AvgIpc) is 2.89. The van der Waals surface area contributed by atoms with E-state index in [1.165, 1.54) is 54.4 Å². The van der Waals surface area contributed by atoms with Gasteiger partial charge in [-0.25, -0.2) is 9.38 Å². The highest BCUT2D eigenvalue weighted by Crippen LogP contribution is 2.40. The Morgan fingerprint density at radius 1 is 1.18 bits per heavy atom. The molecule has 0 saturated heterocycles. The van der Waals surface area contributed by atoms with Crippen LogP contribution in [0.15, 0.2) is 53.5 Å². The molecule has 1 amide bonds. The van der Waals surface area contributed by atoms with Crippen LogP contribution in [0.1, 0.15) is 23.6 Å². The fourth-order valence-corrected chi connectivity index (χ4v) is 3.14. The minimum absolute atomic E-state index is 0.00480. The van der Waals surface area contributed by atoms with Gasteiger partial charge in [0.25, 0.3) is 5.91 Å². The first-order valence-corrected chi connectivity index (χ1v) is 8.41. The topological polar surface area (TPSA) is 67.9 Å². The first-order chi connectivity index (χ1) is 13.3. The normalized spacial score (nSPS) is 19.6. The molecule has 0 aliphatic carbocycles. The molecule has 0 bridgehead atoms. The van der Waals surface area contributed by atoms with Crippen molar-refractivity contribution in [3.8, 4) is 5.75 Å². The Kier molecular flexibility index (Phi) is 5.13. The number of hydrogen-bond donors (Lipinski definition) is 1. The Bertz CT molecular complexity index is 958. The lowest BCUT2D eigenvalue weighted by Gasteiger charge is -2.26. The van der Waals surface area contributed by atoms with Crippen LogP contribution < -0.4 is 10.5 Å². The molecule has 1 heterocycles. The third-order valence-electron chi connectivity index (χ3n) is 4.50. The Labute approximate surface area is 159 Å². The molecule has 2 aromatic rings. The highest BCUT2D eigenvalue weighted by molar-refractivity contribution is 6.09. The molecule has 0 saturated carbocycles. The van der Waals surface area contributed by atoms with Crippen LogP contribution in [0.5, 0.6) is 5.75 Å². The number of nitrogens with two attached hydrogens (primary N) is 1. The van der Waals surface area contributed by atoms with Crippen molar-refractivity contribution in [2.45, 2.75) is 19.1 Å². The van der Waals surface area contributed by atoms with Crippen LogP contribution >= 0.6 is 0 Å². The average molecular weight is 389 g/mol. The molecule has 1 aliphatic heterocycles. The lowest BCUT2D eigenvalue weighted by Crippen LogP contribution is -2.41. The minimum atomic E-state index is -2.96. The maximum absolute atomic E-state index is 14.1. The summed E-state index contributed by atoms with van der Waals surface area (Å²) in [5, 5.41) is 0. The van der Waals surface area contributed by atoms with Crippen molar-refractivity contribution in [3.63, 3.8) is 0 Å². The number of alkyl halides is 2. The fourth-order valence-electron chi connectivity index (χ4n) is 3.14. The number of amides is 1. The van der Waals surface area contributed by atoms with Crippen molar-refractivity contribution in [3.05, 3.63) is 71.0 Å². The number of carbonyl (C=O) groups is 1. The van der Waals surface area contributed by atoms with Gasteiger partial charge in [0.2, 0.25) is 0 Å². The van der Waals surface area contributed by atoms with Crippen molar-refractivity contribution >= 4 is 17.9 Å². The van der Waals surface area contributed by atoms with E-state index in [0.29, 0.717) is 11.1 Å². The molecule has 1 atom stereocenters. The van der Waals surface area contributed by atoms with Gasteiger partial charge in [-0.15, -0.1) is 0 Å². The molecule has 0 unspecified atom stereocenters. The first kappa shape index (κ1) is 19.5. The van der Waals surface area contributed by atoms with E-state index in [1.807, 2.05) is 0 Å². The summed E-state index contributed by atoms with van der Waals surface area (Å²) in [5.74, 6) is -0.952. The monoisotopic (exact) mass is 389 g/mol. The highest BCUT2D eigenvalue weighted by Gasteiger charge is 2.49. The second kappa shape index (κ2) is 7.38. The van der Waals surface area contributed by atoms with Crippen LogP contribution in [0.3, 0.4) is 0 Å². The summed E-state index contributed by atoms with van der Waals surface area (Å²) in [6, 6.07) is 9.78. The van der Waals surface area contributed by atoms with Gasteiger partial charge in [0.1, 0.15) is 11.6 Å². The standard InChI is InChI=1S/C20H18F3N3O2/c1-3-4-12-11-14(7-10-16(12)21)20(17(27)26(2)19(24)25-20)13-5-8-15(9-6-13)28-18(22)23/h3-11,18H,1-2H3,(H2,24,25)/b4-3+/t20-/m1/s1. The third-order valence-corrected chi connectivity index (χ3v) is 4.50. The minimum Gasteiger partial charge on any atom is -0.435 e. The molecule has 2 N–H and O–H groups in total. The van der Waals surface area contributed by atoms with Gasteiger partial charge in [-0.2, -0.15) is 8.78 Å². The predicted octanol–water partition coefficient (Wildman–Crippen LogP) is 3.49. The number of halogens is 3. The van der Waals surface area contributed by atoms with Crippen molar-refractivity contribution in [1.82, 2.24) is 4.90 Å². The van der Waals surface area contributed by atoms with E-state index in [9.17, 15) is 18.0 Å². The summed E-state index contributed by atoms with van der Waals surface area (Å²) in [6.07, 6.45) is 3.24. The molecule has 1 aliphatic rings. The van der Waals surface area contributed by atoms with Crippen molar-refractivity contribution in [2.24, 2.45) is 10.7 Å². The van der Waals surface area contributed by atoms with Crippen LogP contribution in [0, 0.1) is 5.82 Å². The molecular weight excluding hydrogens is 371 g/mol. The van der Waals surface area contributed by atoms with Crippen molar-refractivity contribution in [2.75, 3.05) is 7.05 Å². The van der Waals surface area contributed by atoms with Crippen LogP contribution in [-0.4, -0.2) is 30.4 Å². The molecule has 0 spiro atoms. The maximum atomic E-state index is 14.1. The summed E-state index contributed by atoms with van der Waals surface area (Å²) >= 11 is 0. The number of carbonyl (C=O) groups excluding carboxylic acids is 1. The molecule has 0 radical (unpaired) electrons. The maximum Gasteiger partial charge on any atom is 0.387 e. The van der Waals surface area contributed by atoms with Crippen LogP contribution in [0.2, 0.25) is 0 Å². The molecule has 5 nitrogen and oxygen atoms in total. The molecule has 8 heteroatoms. The number of benzene rings is 2. The number of hydrogen-bond acceptors (Lipinski definition) is 4. The van der Waals surface area contributed by atoms with Crippen LogP contribution in [0.4, 0.5) is 13.2 Å². The third kappa shape index (κ3) is 3.21. The first-order valence-electron chi connectivity index (χ1n) is 8.41. The van der Waals surface area contributed by atoms with Crippen LogP contribution in [0.25, 0.3) is 6.08 Å². The zero-order valence-electron chi connectivity index (χ0n) is 15.2. The number of ether oxygens (including phenoxy) is 1. The van der Waals surface area contributed by atoms with E-state index < -0.39 is 23.9 Å². The van der Waals surface area contributed by atoms with E-state index in [0.717, 1.165) is 0 Å². The van der Waals surface area contributed by atoms with Crippen molar-refractivity contribution < 1.29 is 22.7 Å². The van der Waals surface area contributed by atoms with E-state index in [-0.39, 0.29) is 17.3 Å². The number of rotatable bonds is 5. The SMILES string of the molecule is C/C=C/c1cc([C@@]2(c3ccc(OC(F)F)cc3)N=C(N)N(C)C2=O)ccc1F. The molecule has 0 aromatic heterocycles. The lowest BCUT2D eigenvalue weighted by molar-refractivity contribution is -0.129. The molecule has 146 valence electrons. The summed E-state index contributed by atoms with van der Waals surface area (Å²) in [7, 11) is 1.48. The van der Waals surface area contributed by atoms with E-state index >= 15 is 0 Å². The van der Waals surface area contributed by atoms with Gasteiger partial charge >= 0.3 is 6.61 Å². The number of guanidine groups is 1. The summed E-state index contributed by atoms with van der Waals surface area (Å²) < 4.78 is 43.3. The van der Waals surface area contributed by atoms with Gasteiger partial charge in [-0.1, -0.05) is 30.4 Å². The Hall–Kier alpha value is -3.29. The van der Waals surface area contributed by atoms with Gasteiger partial charge in [0.15, 0.2) is 11.5 Å². The zero-order valence-corrected chi connectivity index (χ0v) is 15.2. The van der Waals surface area contributed by atoms with E-state index in [1.54, 1.807) is 19.1 Å². The Morgan fingerprint density at radius 3 is 2.36 bits per heavy atom. The Morgan fingerprint density at radius 2 is 1.82 bits per heavy atom. The molecule has 2 aromatic carbocycles. The molecule has 28 heavy (non-hydrogen) atoms. The second-order valence-electron chi connectivity index (χ2n) is 6.18. The zero-order chi connectivity index (χ0) is 20.5. The summed E-state index contributed by atoms with van der Waals surface area (Å²) in [5.41, 5.74) is 5.42. The van der Waals surface area contributed by atoms with Gasteiger partial charge in [-0.05, 0) is 42.3 Å².